The smallest absolute Gasteiger partial charge is 0.0167 e. The van der Waals surface area contributed by atoms with E-state index in [0.717, 1.165) is 17.4 Å². The monoisotopic (exact) mass is 187 g/mol. The largest absolute Gasteiger partial charge is 0.327 e. The lowest BCUT2D eigenvalue weighted by Crippen LogP contribution is -2.23. The SMILES string of the molecule is C=C(C)CC(N)CSC(C)CC. The Balaban J connectivity index is 3.43. The molecule has 0 saturated carbocycles. The lowest BCUT2D eigenvalue weighted by atomic mass is 10.1. The highest BCUT2D eigenvalue weighted by Crippen LogP contribution is 2.15. The summed E-state index contributed by atoms with van der Waals surface area (Å²) in [6.45, 7) is 10.3. The Morgan fingerprint density at radius 1 is 1.58 bits per heavy atom. The van der Waals surface area contributed by atoms with E-state index >= 15 is 0 Å². The lowest BCUT2D eigenvalue weighted by Gasteiger charge is -2.13. The quantitative estimate of drug-likeness (QED) is 0.647. The van der Waals surface area contributed by atoms with Crippen molar-refractivity contribution in [3.8, 4) is 0 Å². The van der Waals surface area contributed by atoms with Crippen LogP contribution in [0.15, 0.2) is 12.2 Å². The molecule has 2 N–H and O–H groups in total. The number of thioether (sulfide) groups is 1. The molecule has 0 aliphatic heterocycles. The van der Waals surface area contributed by atoms with Gasteiger partial charge in [0, 0.05) is 17.0 Å². The molecule has 0 aromatic carbocycles. The Morgan fingerprint density at radius 3 is 2.58 bits per heavy atom. The van der Waals surface area contributed by atoms with E-state index < -0.39 is 0 Å². The molecular weight excluding hydrogens is 166 g/mol. The van der Waals surface area contributed by atoms with E-state index in [1.807, 2.05) is 18.7 Å². The van der Waals surface area contributed by atoms with Gasteiger partial charge in [-0.15, -0.1) is 6.58 Å². The zero-order valence-corrected chi connectivity index (χ0v) is 9.29. The topological polar surface area (TPSA) is 26.0 Å². The third kappa shape index (κ3) is 6.74. The molecule has 0 aliphatic rings. The van der Waals surface area contributed by atoms with Crippen molar-refractivity contribution < 1.29 is 0 Å². The Kier molecular flexibility index (Phi) is 6.58. The number of nitrogens with two attached hydrogens (primary N) is 1. The number of hydrogen-bond acceptors (Lipinski definition) is 2. The first-order valence-electron chi connectivity index (χ1n) is 4.57. The van der Waals surface area contributed by atoms with Gasteiger partial charge in [0.05, 0.1) is 0 Å². The van der Waals surface area contributed by atoms with Gasteiger partial charge in [-0.1, -0.05) is 19.4 Å². The second-order valence-corrected chi connectivity index (χ2v) is 4.94. The standard InChI is InChI=1S/C10H21NS/c1-5-9(4)12-7-10(11)6-8(2)3/h9-10H,2,5-7,11H2,1,3-4H3. The van der Waals surface area contributed by atoms with E-state index in [1.54, 1.807) is 0 Å². The highest BCUT2D eigenvalue weighted by molar-refractivity contribution is 7.99. The third-order valence-electron chi connectivity index (χ3n) is 1.78. The molecule has 0 radical (unpaired) electrons. The van der Waals surface area contributed by atoms with Crippen LogP contribution in [0.25, 0.3) is 0 Å². The molecular formula is C10H21NS. The van der Waals surface area contributed by atoms with Gasteiger partial charge in [-0.25, -0.2) is 0 Å². The minimum absolute atomic E-state index is 0.293. The van der Waals surface area contributed by atoms with Crippen LogP contribution < -0.4 is 5.73 Å². The van der Waals surface area contributed by atoms with Crippen LogP contribution in [-0.4, -0.2) is 17.0 Å². The van der Waals surface area contributed by atoms with Gasteiger partial charge in [0.15, 0.2) is 0 Å². The van der Waals surface area contributed by atoms with Gasteiger partial charge in [-0.2, -0.15) is 11.8 Å². The first-order chi connectivity index (χ1) is 5.56. The second-order valence-electron chi connectivity index (χ2n) is 3.47. The van der Waals surface area contributed by atoms with Gasteiger partial charge < -0.3 is 5.73 Å². The van der Waals surface area contributed by atoms with Crippen LogP contribution in [0, 0.1) is 0 Å². The van der Waals surface area contributed by atoms with E-state index in [4.69, 9.17) is 5.73 Å². The summed E-state index contributed by atoms with van der Waals surface area (Å²) in [5.74, 6) is 1.06. The van der Waals surface area contributed by atoms with Crippen molar-refractivity contribution in [2.45, 2.75) is 44.9 Å². The molecule has 72 valence electrons. The zero-order valence-electron chi connectivity index (χ0n) is 8.47. The predicted molar refractivity (Wildman–Crippen MR) is 59.6 cm³/mol. The summed E-state index contributed by atoms with van der Waals surface area (Å²) in [7, 11) is 0. The van der Waals surface area contributed by atoms with Crippen molar-refractivity contribution in [1.82, 2.24) is 0 Å². The van der Waals surface area contributed by atoms with Gasteiger partial charge in [-0.3, -0.25) is 0 Å². The Labute approximate surface area is 80.8 Å². The fraction of sp³-hybridized carbons (Fsp3) is 0.800. The molecule has 0 spiro atoms. The lowest BCUT2D eigenvalue weighted by molar-refractivity contribution is 0.740. The third-order valence-corrected chi connectivity index (χ3v) is 3.30. The number of hydrogen-bond donors (Lipinski definition) is 1. The molecule has 12 heavy (non-hydrogen) atoms. The summed E-state index contributed by atoms with van der Waals surface area (Å²) in [6.07, 6.45) is 2.19. The van der Waals surface area contributed by atoms with Crippen molar-refractivity contribution in [3.63, 3.8) is 0 Å². The predicted octanol–water partition coefficient (Wildman–Crippen LogP) is 2.81. The number of rotatable bonds is 6. The van der Waals surface area contributed by atoms with Crippen LogP contribution in [0.3, 0.4) is 0 Å². The van der Waals surface area contributed by atoms with Crippen molar-refractivity contribution >= 4 is 11.8 Å². The molecule has 1 nitrogen and oxygen atoms in total. The van der Waals surface area contributed by atoms with Crippen LogP contribution in [0.5, 0.6) is 0 Å². The van der Waals surface area contributed by atoms with Crippen molar-refractivity contribution in [1.29, 1.82) is 0 Å². The van der Waals surface area contributed by atoms with E-state index in [1.165, 1.54) is 12.0 Å². The van der Waals surface area contributed by atoms with E-state index in [2.05, 4.69) is 20.4 Å². The average Bonchev–Trinajstić information content (AvgIpc) is 1.99. The van der Waals surface area contributed by atoms with Gasteiger partial charge in [0.2, 0.25) is 0 Å². The minimum Gasteiger partial charge on any atom is -0.327 e. The Bertz CT molecular complexity index is 134. The molecule has 2 unspecified atom stereocenters. The van der Waals surface area contributed by atoms with Crippen molar-refractivity contribution in [2.75, 3.05) is 5.75 Å². The molecule has 0 rings (SSSR count). The maximum atomic E-state index is 5.90. The maximum absolute atomic E-state index is 5.90. The maximum Gasteiger partial charge on any atom is 0.0167 e. The first kappa shape index (κ1) is 12.0. The van der Waals surface area contributed by atoms with Crippen LogP contribution in [0.2, 0.25) is 0 Å². The Morgan fingerprint density at radius 2 is 2.17 bits per heavy atom. The minimum atomic E-state index is 0.293. The van der Waals surface area contributed by atoms with E-state index in [9.17, 15) is 0 Å². The zero-order chi connectivity index (χ0) is 9.56. The van der Waals surface area contributed by atoms with Crippen LogP contribution in [0.1, 0.15) is 33.6 Å². The summed E-state index contributed by atoms with van der Waals surface area (Å²) in [6, 6.07) is 0.293. The Hall–Kier alpha value is 0.0500. The molecule has 0 aromatic rings. The van der Waals surface area contributed by atoms with Crippen LogP contribution in [0.4, 0.5) is 0 Å². The molecule has 0 aromatic heterocycles. The normalized spacial score (nSPS) is 15.7. The molecule has 0 heterocycles. The van der Waals surface area contributed by atoms with Crippen molar-refractivity contribution in [2.24, 2.45) is 5.73 Å². The van der Waals surface area contributed by atoms with Gasteiger partial charge >= 0.3 is 0 Å². The molecule has 2 atom stereocenters. The first-order valence-corrected chi connectivity index (χ1v) is 5.62. The summed E-state index contributed by atoms with van der Waals surface area (Å²) >= 11 is 1.96. The van der Waals surface area contributed by atoms with Crippen LogP contribution in [-0.2, 0) is 0 Å². The summed E-state index contributed by atoms with van der Waals surface area (Å²) in [4.78, 5) is 0. The van der Waals surface area contributed by atoms with E-state index in [-0.39, 0.29) is 0 Å². The highest BCUT2D eigenvalue weighted by atomic mass is 32.2. The van der Waals surface area contributed by atoms with E-state index in [0.29, 0.717) is 6.04 Å². The highest BCUT2D eigenvalue weighted by Gasteiger charge is 2.05. The van der Waals surface area contributed by atoms with Gasteiger partial charge in [-0.05, 0) is 19.8 Å². The van der Waals surface area contributed by atoms with Crippen LogP contribution >= 0.6 is 11.8 Å². The molecule has 0 bridgehead atoms. The second kappa shape index (κ2) is 6.55. The fourth-order valence-corrected chi connectivity index (χ4v) is 1.84. The van der Waals surface area contributed by atoms with Gasteiger partial charge in [0.1, 0.15) is 0 Å². The van der Waals surface area contributed by atoms with Crippen molar-refractivity contribution in [3.05, 3.63) is 12.2 Å². The molecule has 0 aliphatic carbocycles. The molecule has 0 amide bonds. The molecule has 2 heteroatoms. The molecule has 0 fully saturated rings. The summed E-state index contributed by atoms with van der Waals surface area (Å²) < 4.78 is 0. The summed E-state index contributed by atoms with van der Waals surface area (Å²) in [5.41, 5.74) is 7.08. The molecule has 0 saturated heterocycles. The fourth-order valence-electron chi connectivity index (χ4n) is 0.912. The van der Waals surface area contributed by atoms with Gasteiger partial charge in [0.25, 0.3) is 0 Å². The summed E-state index contributed by atoms with van der Waals surface area (Å²) in [5, 5.41) is 0.737. The average molecular weight is 187 g/mol.